The third-order valence-electron chi connectivity index (χ3n) is 3.01. The summed E-state index contributed by atoms with van der Waals surface area (Å²) in [5.74, 6) is -1.75. The molecule has 2 aromatic carbocycles. The predicted octanol–water partition coefficient (Wildman–Crippen LogP) is 2.16. The van der Waals surface area contributed by atoms with E-state index >= 15 is 0 Å². The second kappa shape index (κ2) is 6.13. The maximum absolute atomic E-state index is 13.4. The van der Waals surface area contributed by atoms with Gasteiger partial charge in [0.15, 0.2) is 4.90 Å². The minimum Gasteiger partial charge on any atom is -0.268 e. The Hall–Kier alpha value is -2.81. The van der Waals surface area contributed by atoms with Crippen LogP contribution in [-0.4, -0.2) is 19.2 Å². The highest BCUT2D eigenvalue weighted by molar-refractivity contribution is 7.90. The Labute approximate surface area is 131 Å². The zero-order valence-corrected chi connectivity index (χ0v) is 12.6. The van der Waals surface area contributed by atoms with Crippen LogP contribution in [0.25, 0.3) is 0 Å². The van der Waals surface area contributed by atoms with Gasteiger partial charge in [0, 0.05) is 11.6 Å². The third kappa shape index (κ3) is 3.51. The Morgan fingerprint density at radius 1 is 1.22 bits per heavy atom. The Balaban J connectivity index is 2.37. The number of hydrogen-bond acceptors (Lipinski definition) is 5. The summed E-state index contributed by atoms with van der Waals surface area (Å²) >= 11 is 0. The van der Waals surface area contributed by atoms with E-state index in [9.17, 15) is 27.7 Å². The minimum absolute atomic E-state index is 0.213. The topological polar surface area (TPSA) is 106 Å². The number of nitro benzene ring substituents is 1. The van der Waals surface area contributed by atoms with E-state index in [-0.39, 0.29) is 5.56 Å². The molecule has 0 radical (unpaired) electrons. The number of benzene rings is 2. The highest BCUT2D eigenvalue weighted by Gasteiger charge is 2.27. The largest absolute Gasteiger partial charge is 0.289 e. The van der Waals surface area contributed by atoms with Crippen LogP contribution in [0.1, 0.15) is 15.9 Å². The maximum atomic E-state index is 13.4. The van der Waals surface area contributed by atoms with E-state index in [4.69, 9.17) is 0 Å². The first-order valence-electron chi connectivity index (χ1n) is 6.29. The van der Waals surface area contributed by atoms with Crippen molar-refractivity contribution in [2.75, 3.05) is 0 Å². The molecule has 0 heterocycles. The monoisotopic (exact) mass is 338 g/mol. The summed E-state index contributed by atoms with van der Waals surface area (Å²) < 4.78 is 39.5. The average Bonchev–Trinajstić information content (AvgIpc) is 2.49. The Morgan fingerprint density at radius 3 is 2.48 bits per heavy atom. The molecule has 0 spiro atoms. The Bertz CT molecular complexity index is 896. The van der Waals surface area contributed by atoms with Gasteiger partial charge in [-0.3, -0.25) is 14.9 Å². The first-order chi connectivity index (χ1) is 10.7. The van der Waals surface area contributed by atoms with Crippen molar-refractivity contribution in [3.8, 4) is 0 Å². The van der Waals surface area contributed by atoms with Gasteiger partial charge < -0.3 is 0 Å². The van der Waals surface area contributed by atoms with E-state index in [0.29, 0.717) is 5.56 Å². The second-order valence-electron chi connectivity index (χ2n) is 4.62. The molecule has 0 atom stereocenters. The van der Waals surface area contributed by atoms with Gasteiger partial charge in [0.2, 0.25) is 0 Å². The van der Waals surface area contributed by atoms with Gasteiger partial charge in [-0.1, -0.05) is 18.2 Å². The van der Waals surface area contributed by atoms with Crippen molar-refractivity contribution in [3.05, 3.63) is 69.5 Å². The lowest BCUT2D eigenvalue weighted by Gasteiger charge is -2.08. The van der Waals surface area contributed by atoms with Crippen molar-refractivity contribution in [1.82, 2.24) is 4.72 Å². The highest BCUT2D eigenvalue weighted by atomic mass is 32.2. The lowest BCUT2D eigenvalue weighted by molar-refractivity contribution is -0.387. The second-order valence-corrected chi connectivity index (χ2v) is 6.27. The zero-order valence-electron chi connectivity index (χ0n) is 11.8. The Kier molecular flexibility index (Phi) is 4.41. The first-order valence-corrected chi connectivity index (χ1v) is 7.77. The number of halogens is 1. The van der Waals surface area contributed by atoms with Crippen LogP contribution in [0.15, 0.2) is 47.4 Å². The highest BCUT2D eigenvalue weighted by Crippen LogP contribution is 2.23. The van der Waals surface area contributed by atoms with E-state index < -0.39 is 37.3 Å². The van der Waals surface area contributed by atoms with Gasteiger partial charge >= 0.3 is 0 Å². The fourth-order valence-corrected chi connectivity index (χ4v) is 2.95. The summed E-state index contributed by atoms with van der Waals surface area (Å²) in [6, 6.07) is 8.06. The number of rotatable bonds is 4. The SMILES string of the molecule is Cc1ccc(C(=O)NS(=O)(=O)c2ccccc2[N+](=O)[O-])cc1F. The lowest BCUT2D eigenvalue weighted by atomic mass is 10.1. The van der Waals surface area contributed by atoms with Crippen molar-refractivity contribution < 1.29 is 22.5 Å². The summed E-state index contributed by atoms with van der Waals surface area (Å²) in [7, 11) is -4.47. The first kappa shape index (κ1) is 16.6. The van der Waals surface area contributed by atoms with Crippen molar-refractivity contribution in [1.29, 1.82) is 0 Å². The van der Waals surface area contributed by atoms with Crippen LogP contribution in [0.4, 0.5) is 10.1 Å². The summed E-state index contributed by atoms with van der Waals surface area (Å²) in [4.78, 5) is 21.3. The molecular formula is C14H11FN2O5S. The number of nitro groups is 1. The summed E-state index contributed by atoms with van der Waals surface area (Å²) in [5.41, 5.74) is -0.582. The lowest BCUT2D eigenvalue weighted by Crippen LogP contribution is -2.31. The number of hydrogen-bond donors (Lipinski definition) is 1. The summed E-state index contributed by atoms with van der Waals surface area (Å²) in [6.07, 6.45) is 0. The van der Waals surface area contributed by atoms with E-state index in [1.807, 2.05) is 0 Å². The smallest absolute Gasteiger partial charge is 0.268 e. The molecule has 0 unspecified atom stereocenters. The summed E-state index contributed by atoms with van der Waals surface area (Å²) in [5, 5.41) is 10.9. The van der Waals surface area contributed by atoms with Gasteiger partial charge in [-0.2, -0.15) is 0 Å². The number of carbonyl (C=O) groups excluding carboxylic acids is 1. The molecule has 0 bridgehead atoms. The molecule has 1 amide bonds. The molecule has 2 aromatic rings. The number of nitrogens with zero attached hydrogens (tertiary/aromatic N) is 1. The van der Waals surface area contributed by atoms with E-state index in [0.717, 1.165) is 18.2 Å². The van der Waals surface area contributed by atoms with Crippen LogP contribution in [0.5, 0.6) is 0 Å². The van der Waals surface area contributed by atoms with Crippen molar-refractivity contribution in [3.63, 3.8) is 0 Å². The van der Waals surface area contributed by atoms with Crippen LogP contribution < -0.4 is 4.72 Å². The van der Waals surface area contributed by atoms with Gasteiger partial charge in [-0.25, -0.2) is 17.5 Å². The van der Waals surface area contributed by atoms with Gasteiger partial charge in [-0.05, 0) is 30.7 Å². The number of para-hydroxylation sites is 1. The standard InChI is InChI=1S/C14H11FN2O5S/c1-9-6-7-10(8-11(9)15)14(18)16-23(21,22)13-5-3-2-4-12(13)17(19)20/h2-8H,1H3,(H,16,18). The van der Waals surface area contributed by atoms with Crippen LogP contribution in [0.3, 0.4) is 0 Å². The molecule has 0 aliphatic heterocycles. The minimum atomic E-state index is -4.47. The van der Waals surface area contributed by atoms with Crippen molar-refractivity contribution >= 4 is 21.6 Å². The normalized spacial score (nSPS) is 11.0. The number of sulfonamides is 1. The quantitative estimate of drug-likeness (QED) is 0.679. The third-order valence-corrected chi connectivity index (χ3v) is 4.39. The van der Waals surface area contributed by atoms with E-state index in [1.165, 1.54) is 31.2 Å². The molecule has 120 valence electrons. The summed E-state index contributed by atoms with van der Waals surface area (Å²) in [6.45, 7) is 1.49. The van der Waals surface area contributed by atoms with Crippen LogP contribution in [0, 0.1) is 22.9 Å². The molecule has 0 fully saturated rings. The van der Waals surface area contributed by atoms with Gasteiger partial charge in [0.25, 0.3) is 21.6 Å². The fourth-order valence-electron chi connectivity index (χ4n) is 1.81. The molecule has 0 aliphatic rings. The molecular weight excluding hydrogens is 327 g/mol. The van der Waals surface area contributed by atoms with Crippen LogP contribution in [0.2, 0.25) is 0 Å². The molecule has 7 nitrogen and oxygen atoms in total. The number of nitrogens with one attached hydrogen (secondary N) is 1. The van der Waals surface area contributed by atoms with Crippen LogP contribution in [-0.2, 0) is 10.0 Å². The van der Waals surface area contributed by atoms with Gasteiger partial charge in [0.05, 0.1) is 4.92 Å². The molecule has 23 heavy (non-hydrogen) atoms. The maximum Gasteiger partial charge on any atom is 0.289 e. The number of carbonyl (C=O) groups is 1. The molecule has 0 saturated heterocycles. The zero-order chi connectivity index (χ0) is 17.2. The van der Waals surface area contributed by atoms with Crippen molar-refractivity contribution in [2.45, 2.75) is 11.8 Å². The Morgan fingerprint density at radius 2 is 1.87 bits per heavy atom. The molecule has 0 aromatic heterocycles. The van der Waals surface area contributed by atoms with Crippen LogP contribution >= 0.6 is 0 Å². The molecule has 0 aliphatic carbocycles. The number of aryl methyl sites for hydroxylation is 1. The number of amides is 1. The molecule has 9 heteroatoms. The molecule has 1 N–H and O–H groups in total. The predicted molar refractivity (Wildman–Crippen MR) is 78.9 cm³/mol. The van der Waals surface area contributed by atoms with E-state index in [2.05, 4.69) is 0 Å². The van der Waals surface area contributed by atoms with Gasteiger partial charge in [-0.15, -0.1) is 0 Å². The van der Waals surface area contributed by atoms with Crippen molar-refractivity contribution in [2.24, 2.45) is 0 Å². The fraction of sp³-hybridized carbons (Fsp3) is 0.0714. The average molecular weight is 338 g/mol. The van der Waals surface area contributed by atoms with E-state index in [1.54, 1.807) is 4.72 Å². The molecule has 2 rings (SSSR count). The van der Waals surface area contributed by atoms with Gasteiger partial charge in [0.1, 0.15) is 5.82 Å². The molecule has 0 saturated carbocycles.